The number of rotatable bonds is 9. The molecular formula is C14H21O5P. The molecule has 1 heterocycles. The molecule has 112 valence electrons. The van der Waals surface area contributed by atoms with Gasteiger partial charge in [0.15, 0.2) is 0 Å². The van der Waals surface area contributed by atoms with Crippen molar-refractivity contribution in [3.8, 4) is 5.75 Å². The maximum atomic E-state index is 12.6. The number of ether oxygens (including phenoxy) is 2. The molecule has 1 atom stereocenters. The first kappa shape index (κ1) is 15.5. The van der Waals surface area contributed by atoms with E-state index in [4.69, 9.17) is 18.5 Å². The number of hydrogen-bond acceptors (Lipinski definition) is 5. The predicted molar refractivity (Wildman–Crippen MR) is 76.2 cm³/mol. The Morgan fingerprint density at radius 3 is 2.50 bits per heavy atom. The van der Waals surface area contributed by atoms with E-state index in [1.807, 2.05) is 24.3 Å². The van der Waals surface area contributed by atoms with Gasteiger partial charge in [0.1, 0.15) is 18.5 Å². The van der Waals surface area contributed by atoms with Gasteiger partial charge in [-0.1, -0.05) is 18.2 Å². The van der Waals surface area contributed by atoms with Crippen LogP contribution in [0.5, 0.6) is 5.75 Å². The van der Waals surface area contributed by atoms with E-state index in [-0.39, 0.29) is 12.3 Å². The quantitative estimate of drug-likeness (QED) is 0.517. The van der Waals surface area contributed by atoms with Gasteiger partial charge in [0.05, 0.1) is 26.0 Å². The molecule has 0 amide bonds. The van der Waals surface area contributed by atoms with E-state index < -0.39 is 7.60 Å². The average Bonchev–Trinajstić information content (AvgIpc) is 3.22. The van der Waals surface area contributed by atoms with Crippen molar-refractivity contribution in [3.05, 3.63) is 29.8 Å². The summed E-state index contributed by atoms with van der Waals surface area (Å²) in [6.07, 6.45) is 0.407. The van der Waals surface area contributed by atoms with Crippen LogP contribution in [-0.4, -0.2) is 32.5 Å². The van der Waals surface area contributed by atoms with E-state index in [9.17, 15) is 4.57 Å². The zero-order valence-electron chi connectivity index (χ0n) is 11.9. The van der Waals surface area contributed by atoms with E-state index >= 15 is 0 Å². The first-order valence-electron chi connectivity index (χ1n) is 6.87. The van der Waals surface area contributed by atoms with Crippen molar-refractivity contribution in [1.29, 1.82) is 0 Å². The maximum absolute atomic E-state index is 12.6. The Kier molecular flexibility index (Phi) is 5.61. The van der Waals surface area contributed by atoms with Gasteiger partial charge >= 0.3 is 7.60 Å². The van der Waals surface area contributed by atoms with Crippen LogP contribution >= 0.6 is 7.60 Å². The Balaban J connectivity index is 2.07. The van der Waals surface area contributed by atoms with Gasteiger partial charge in [-0.25, -0.2) is 0 Å². The van der Waals surface area contributed by atoms with Gasteiger partial charge in [0.25, 0.3) is 0 Å². The highest BCUT2D eigenvalue weighted by Gasteiger charge is 2.27. The normalized spacial score (nSPS) is 18.0. The lowest BCUT2D eigenvalue weighted by Crippen LogP contribution is -2.07. The van der Waals surface area contributed by atoms with Crippen LogP contribution in [0.2, 0.25) is 0 Å². The molecule has 0 spiro atoms. The Bertz CT molecular complexity index is 462. The van der Waals surface area contributed by atoms with E-state index in [1.54, 1.807) is 13.8 Å². The van der Waals surface area contributed by atoms with Gasteiger partial charge in [-0.05, 0) is 19.9 Å². The topological polar surface area (TPSA) is 57.3 Å². The molecule has 0 aromatic heterocycles. The Morgan fingerprint density at radius 2 is 1.90 bits per heavy atom. The molecule has 0 radical (unpaired) electrons. The highest BCUT2D eigenvalue weighted by Crippen LogP contribution is 2.52. The summed E-state index contributed by atoms with van der Waals surface area (Å²) in [7, 11) is -3.11. The molecule has 0 saturated carbocycles. The summed E-state index contributed by atoms with van der Waals surface area (Å²) in [5.41, 5.74) is 0.832. The SMILES string of the molecule is CCOP(=O)(Cc1ccccc1OCC1CO1)OCC. The molecule has 1 aromatic rings. The van der Waals surface area contributed by atoms with Crippen molar-refractivity contribution in [2.75, 3.05) is 26.4 Å². The molecule has 1 aromatic carbocycles. The number of hydrogen-bond donors (Lipinski definition) is 0. The smallest absolute Gasteiger partial charge is 0.335 e. The second-order valence-corrected chi connectivity index (χ2v) is 6.53. The zero-order chi connectivity index (χ0) is 14.4. The van der Waals surface area contributed by atoms with E-state index in [0.29, 0.717) is 25.6 Å². The van der Waals surface area contributed by atoms with Crippen molar-refractivity contribution < 1.29 is 23.1 Å². The predicted octanol–water partition coefficient (Wildman–Crippen LogP) is 3.23. The van der Waals surface area contributed by atoms with E-state index in [1.165, 1.54) is 0 Å². The highest BCUT2D eigenvalue weighted by molar-refractivity contribution is 7.53. The summed E-state index contributed by atoms with van der Waals surface area (Å²) in [4.78, 5) is 0. The van der Waals surface area contributed by atoms with Gasteiger partial charge in [-0.2, -0.15) is 0 Å². The fourth-order valence-electron chi connectivity index (χ4n) is 1.85. The van der Waals surface area contributed by atoms with Gasteiger partial charge < -0.3 is 18.5 Å². The van der Waals surface area contributed by atoms with Crippen molar-refractivity contribution in [1.82, 2.24) is 0 Å². The lowest BCUT2D eigenvalue weighted by Gasteiger charge is -2.18. The molecule has 1 aliphatic heterocycles. The molecule has 1 fully saturated rings. The lowest BCUT2D eigenvalue weighted by molar-refractivity contribution is 0.218. The molecule has 0 bridgehead atoms. The third kappa shape index (κ3) is 4.60. The van der Waals surface area contributed by atoms with Crippen molar-refractivity contribution in [2.45, 2.75) is 26.1 Å². The van der Waals surface area contributed by atoms with Crippen LogP contribution in [0.15, 0.2) is 24.3 Å². The van der Waals surface area contributed by atoms with Crippen LogP contribution in [0.3, 0.4) is 0 Å². The molecule has 6 heteroatoms. The molecule has 2 rings (SSSR count). The number of epoxide rings is 1. The van der Waals surface area contributed by atoms with Crippen LogP contribution < -0.4 is 4.74 Å². The number of benzene rings is 1. The van der Waals surface area contributed by atoms with Crippen LogP contribution in [0.1, 0.15) is 19.4 Å². The Labute approximate surface area is 119 Å². The molecule has 20 heavy (non-hydrogen) atoms. The van der Waals surface area contributed by atoms with Crippen LogP contribution in [-0.2, 0) is 24.5 Å². The van der Waals surface area contributed by atoms with E-state index in [0.717, 1.165) is 12.2 Å². The summed E-state index contributed by atoms with van der Waals surface area (Å²) in [6.45, 7) is 5.59. The highest BCUT2D eigenvalue weighted by atomic mass is 31.2. The second-order valence-electron chi connectivity index (χ2n) is 4.48. The summed E-state index contributed by atoms with van der Waals surface area (Å²) < 4.78 is 34.0. The van der Waals surface area contributed by atoms with Crippen molar-refractivity contribution in [3.63, 3.8) is 0 Å². The summed E-state index contributed by atoms with van der Waals surface area (Å²) in [5.74, 6) is 0.711. The van der Waals surface area contributed by atoms with Crippen molar-refractivity contribution >= 4 is 7.60 Å². The lowest BCUT2D eigenvalue weighted by atomic mass is 10.2. The van der Waals surface area contributed by atoms with Gasteiger partial charge in [0.2, 0.25) is 0 Å². The molecule has 1 unspecified atom stereocenters. The van der Waals surface area contributed by atoms with Gasteiger partial charge in [-0.15, -0.1) is 0 Å². The standard InChI is InChI=1S/C14H21O5P/c1-3-18-20(15,19-4-2)11-12-7-5-6-8-14(12)17-10-13-9-16-13/h5-8,13H,3-4,9-11H2,1-2H3. The van der Waals surface area contributed by atoms with Crippen LogP contribution in [0, 0.1) is 0 Å². The minimum atomic E-state index is -3.11. The first-order valence-corrected chi connectivity index (χ1v) is 8.60. The maximum Gasteiger partial charge on any atom is 0.335 e. The molecule has 5 nitrogen and oxygen atoms in total. The molecule has 1 aliphatic rings. The minimum Gasteiger partial charge on any atom is -0.490 e. The third-order valence-electron chi connectivity index (χ3n) is 2.82. The molecular weight excluding hydrogens is 279 g/mol. The fraction of sp³-hybridized carbons (Fsp3) is 0.571. The van der Waals surface area contributed by atoms with Gasteiger partial charge in [0, 0.05) is 5.56 Å². The van der Waals surface area contributed by atoms with Crippen LogP contribution in [0.4, 0.5) is 0 Å². The molecule has 0 aliphatic carbocycles. The fourth-order valence-corrected chi connectivity index (χ4v) is 3.58. The Morgan fingerprint density at radius 1 is 1.25 bits per heavy atom. The van der Waals surface area contributed by atoms with Gasteiger partial charge in [-0.3, -0.25) is 4.57 Å². The largest absolute Gasteiger partial charge is 0.490 e. The number of para-hydroxylation sites is 1. The van der Waals surface area contributed by atoms with Crippen LogP contribution in [0.25, 0.3) is 0 Å². The van der Waals surface area contributed by atoms with E-state index in [2.05, 4.69) is 0 Å². The average molecular weight is 300 g/mol. The summed E-state index contributed by atoms with van der Waals surface area (Å²) >= 11 is 0. The summed E-state index contributed by atoms with van der Waals surface area (Å²) in [5, 5.41) is 0. The monoisotopic (exact) mass is 300 g/mol. The second kappa shape index (κ2) is 7.23. The molecule has 1 saturated heterocycles. The Hall–Kier alpha value is -0.870. The minimum absolute atomic E-state index is 0.189. The third-order valence-corrected chi connectivity index (χ3v) is 4.85. The summed E-state index contributed by atoms with van der Waals surface area (Å²) in [6, 6.07) is 7.52. The van der Waals surface area contributed by atoms with Crippen molar-refractivity contribution in [2.24, 2.45) is 0 Å². The first-order chi connectivity index (χ1) is 9.67. The molecule has 0 N–H and O–H groups in total. The zero-order valence-corrected chi connectivity index (χ0v) is 12.8.